The van der Waals surface area contributed by atoms with Crippen molar-refractivity contribution >= 4 is 27.7 Å². The van der Waals surface area contributed by atoms with Gasteiger partial charge in [-0.2, -0.15) is 0 Å². The van der Waals surface area contributed by atoms with Crippen LogP contribution in [-0.2, 0) is 12.8 Å². The first-order valence-corrected chi connectivity index (χ1v) is 7.57. The van der Waals surface area contributed by atoms with E-state index in [2.05, 4.69) is 26.1 Å². The van der Waals surface area contributed by atoms with Gasteiger partial charge < -0.3 is 14.0 Å². The number of hydrogen-bond donors (Lipinski definition) is 0. The normalized spacial score (nSPS) is 13.6. The number of hydrogen-bond acceptors (Lipinski definition) is 5. The van der Waals surface area contributed by atoms with E-state index in [1.807, 2.05) is 23.7 Å². The second-order valence-corrected chi connectivity index (χ2v) is 5.90. The zero-order valence-electron chi connectivity index (χ0n) is 10.3. The summed E-state index contributed by atoms with van der Waals surface area (Å²) in [5, 5.41) is 8.81. The van der Waals surface area contributed by atoms with E-state index < -0.39 is 0 Å². The molecule has 0 atom stereocenters. The minimum absolute atomic E-state index is 0.602. The quantitative estimate of drug-likeness (QED) is 0.803. The SMILES string of the molecule is Cn1cnnc1SCc1cc2c(cc1Br)OCCO2. The average molecular weight is 342 g/mol. The van der Waals surface area contributed by atoms with Gasteiger partial charge in [-0.05, 0) is 17.7 Å². The van der Waals surface area contributed by atoms with Crippen LogP contribution in [0, 0.1) is 0 Å². The van der Waals surface area contributed by atoms with Crippen LogP contribution in [0.15, 0.2) is 28.1 Å². The Morgan fingerprint density at radius 1 is 1.32 bits per heavy atom. The van der Waals surface area contributed by atoms with E-state index in [0.717, 1.165) is 32.4 Å². The van der Waals surface area contributed by atoms with Gasteiger partial charge in [0.25, 0.3) is 0 Å². The largest absolute Gasteiger partial charge is 0.486 e. The van der Waals surface area contributed by atoms with Gasteiger partial charge in [0, 0.05) is 17.3 Å². The van der Waals surface area contributed by atoms with Gasteiger partial charge in [0.05, 0.1) is 0 Å². The standard InChI is InChI=1S/C12H12BrN3O2S/c1-16-7-14-15-12(16)19-6-8-4-10-11(5-9(8)13)18-3-2-17-10/h4-5,7H,2-3,6H2,1H3. The predicted molar refractivity (Wildman–Crippen MR) is 75.7 cm³/mol. The van der Waals surface area contributed by atoms with Gasteiger partial charge in [-0.25, -0.2) is 0 Å². The molecule has 1 aromatic heterocycles. The molecule has 0 aliphatic carbocycles. The lowest BCUT2D eigenvalue weighted by molar-refractivity contribution is 0.171. The number of rotatable bonds is 3. The number of nitrogens with zero attached hydrogens (tertiary/aromatic N) is 3. The van der Waals surface area contributed by atoms with Crippen LogP contribution in [-0.4, -0.2) is 28.0 Å². The van der Waals surface area contributed by atoms with Gasteiger partial charge in [-0.1, -0.05) is 27.7 Å². The molecular formula is C12H12BrN3O2S. The number of aryl methyl sites for hydroxylation is 1. The van der Waals surface area contributed by atoms with Crippen molar-refractivity contribution < 1.29 is 9.47 Å². The van der Waals surface area contributed by atoms with Crippen molar-refractivity contribution in [2.75, 3.05) is 13.2 Å². The summed E-state index contributed by atoms with van der Waals surface area (Å²) in [7, 11) is 1.93. The first-order valence-electron chi connectivity index (χ1n) is 5.79. The third-order valence-electron chi connectivity index (χ3n) is 2.74. The molecule has 2 aromatic rings. The molecule has 5 nitrogen and oxygen atoms in total. The fourth-order valence-electron chi connectivity index (χ4n) is 1.76. The summed E-state index contributed by atoms with van der Waals surface area (Å²) in [6, 6.07) is 3.98. The molecule has 2 heterocycles. The third kappa shape index (κ3) is 2.71. The van der Waals surface area contributed by atoms with Crippen LogP contribution in [0.1, 0.15) is 5.56 Å². The molecule has 0 bridgehead atoms. The Hall–Kier alpha value is -1.21. The molecule has 0 fully saturated rings. The van der Waals surface area contributed by atoms with Crippen molar-refractivity contribution in [3.05, 3.63) is 28.5 Å². The average Bonchev–Trinajstić information content (AvgIpc) is 2.82. The molecule has 0 saturated heterocycles. The van der Waals surface area contributed by atoms with E-state index in [0.29, 0.717) is 13.2 Å². The van der Waals surface area contributed by atoms with E-state index >= 15 is 0 Å². The molecule has 1 aliphatic rings. The molecule has 100 valence electrons. The molecule has 7 heteroatoms. The zero-order valence-corrected chi connectivity index (χ0v) is 12.7. The van der Waals surface area contributed by atoms with Crippen molar-refractivity contribution in [1.82, 2.24) is 14.8 Å². The molecule has 3 rings (SSSR count). The monoisotopic (exact) mass is 341 g/mol. The van der Waals surface area contributed by atoms with E-state index in [1.165, 1.54) is 0 Å². The van der Waals surface area contributed by atoms with E-state index in [1.54, 1.807) is 18.1 Å². The number of ether oxygens (including phenoxy) is 2. The van der Waals surface area contributed by atoms with Crippen LogP contribution in [0.2, 0.25) is 0 Å². The highest BCUT2D eigenvalue weighted by molar-refractivity contribution is 9.10. The minimum atomic E-state index is 0.602. The Bertz CT molecular complexity index is 603. The van der Waals surface area contributed by atoms with E-state index in [9.17, 15) is 0 Å². The molecule has 1 aromatic carbocycles. The van der Waals surface area contributed by atoms with Crippen molar-refractivity contribution in [3.8, 4) is 11.5 Å². The molecule has 0 saturated carbocycles. The number of fused-ring (bicyclic) bond motifs is 1. The minimum Gasteiger partial charge on any atom is -0.486 e. The molecule has 0 radical (unpaired) electrons. The third-order valence-corrected chi connectivity index (χ3v) is 4.56. The Labute approximate surface area is 123 Å². The summed E-state index contributed by atoms with van der Waals surface area (Å²) in [4.78, 5) is 0. The molecule has 0 unspecified atom stereocenters. The van der Waals surface area contributed by atoms with Gasteiger partial charge in [-0.15, -0.1) is 10.2 Å². The maximum absolute atomic E-state index is 5.59. The fourth-order valence-corrected chi connectivity index (χ4v) is 3.29. The first-order chi connectivity index (χ1) is 9.24. The lowest BCUT2D eigenvalue weighted by atomic mass is 10.2. The topological polar surface area (TPSA) is 49.2 Å². The molecule has 0 spiro atoms. The summed E-state index contributed by atoms with van der Waals surface area (Å²) in [6.45, 7) is 1.21. The van der Waals surface area contributed by atoms with E-state index in [4.69, 9.17) is 9.47 Å². The van der Waals surface area contributed by atoms with Crippen molar-refractivity contribution in [2.24, 2.45) is 7.05 Å². The Morgan fingerprint density at radius 2 is 2.05 bits per heavy atom. The van der Waals surface area contributed by atoms with Crippen molar-refractivity contribution in [1.29, 1.82) is 0 Å². The van der Waals surface area contributed by atoms with Crippen LogP contribution >= 0.6 is 27.7 Å². The highest BCUT2D eigenvalue weighted by Gasteiger charge is 2.15. The van der Waals surface area contributed by atoms with Gasteiger partial charge in [0.2, 0.25) is 0 Å². The highest BCUT2D eigenvalue weighted by atomic mass is 79.9. The van der Waals surface area contributed by atoms with Crippen LogP contribution < -0.4 is 9.47 Å². The Balaban J connectivity index is 1.79. The van der Waals surface area contributed by atoms with Crippen LogP contribution in [0.25, 0.3) is 0 Å². The Morgan fingerprint density at radius 3 is 2.74 bits per heavy atom. The molecule has 1 aliphatic heterocycles. The number of benzene rings is 1. The second kappa shape index (κ2) is 5.42. The van der Waals surface area contributed by atoms with Gasteiger partial charge in [0.1, 0.15) is 19.5 Å². The highest BCUT2D eigenvalue weighted by Crippen LogP contribution is 2.37. The smallest absolute Gasteiger partial charge is 0.191 e. The number of thioether (sulfide) groups is 1. The fraction of sp³-hybridized carbons (Fsp3) is 0.333. The first kappa shape index (κ1) is 12.8. The summed E-state index contributed by atoms with van der Waals surface area (Å²) in [5.41, 5.74) is 1.15. The molecule has 0 N–H and O–H groups in total. The number of aromatic nitrogens is 3. The summed E-state index contributed by atoms with van der Waals surface area (Å²) in [6.07, 6.45) is 1.70. The lowest BCUT2D eigenvalue weighted by Gasteiger charge is -2.19. The van der Waals surface area contributed by atoms with Gasteiger partial charge >= 0.3 is 0 Å². The summed E-state index contributed by atoms with van der Waals surface area (Å²) in [5.74, 6) is 2.40. The molecule has 0 amide bonds. The van der Waals surface area contributed by atoms with Crippen molar-refractivity contribution in [2.45, 2.75) is 10.9 Å². The zero-order chi connectivity index (χ0) is 13.2. The van der Waals surface area contributed by atoms with Crippen molar-refractivity contribution in [3.63, 3.8) is 0 Å². The predicted octanol–water partition coefficient (Wildman–Crippen LogP) is 2.64. The second-order valence-electron chi connectivity index (χ2n) is 4.10. The maximum Gasteiger partial charge on any atom is 0.191 e. The van der Waals surface area contributed by atoms with E-state index in [-0.39, 0.29) is 0 Å². The molecule has 19 heavy (non-hydrogen) atoms. The van der Waals surface area contributed by atoms with Crippen LogP contribution in [0.5, 0.6) is 11.5 Å². The maximum atomic E-state index is 5.59. The number of halogens is 1. The summed E-state index contributed by atoms with van der Waals surface area (Å²) < 4.78 is 14.1. The lowest BCUT2D eigenvalue weighted by Crippen LogP contribution is -2.15. The molecular weight excluding hydrogens is 330 g/mol. The summed E-state index contributed by atoms with van der Waals surface area (Å²) >= 11 is 5.20. The van der Waals surface area contributed by atoms with Crippen LogP contribution in [0.3, 0.4) is 0 Å². The van der Waals surface area contributed by atoms with Crippen LogP contribution in [0.4, 0.5) is 0 Å². The van der Waals surface area contributed by atoms with Gasteiger partial charge in [-0.3, -0.25) is 0 Å². The Kier molecular flexibility index (Phi) is 3.65. The van der Waals surface area contributed by atoms with Gasteiger partial charge in [0.15, 0.2) is 16.7 Å².